The Morgan fingerprint density at radius 1 is 1.30 bits per heavy atom. The fraction of sp³-hybridized carbons (Fsp3) is 0.111. The first-order valence-corrected chi connectivity index (χ1v) is 6.36. The first-order valence-electron chi connectivity index (χ1n) is 5.13. The van der Waals surface area contributed by atoms with E-state index in [1.54, 1.807) is 6.26 Å². The molecule has 2 aromatic rings. The number of nitro benzene ring substituents is 2. The van der Waals surface area contributed by atoms with Crippen LogP contribution in [0.5, 0.6) is 0 Å². The molecule has 0 amide bonds. The lowest BCUT2D eigenvalue weighted by Gasteiger charge is -2.03. The van der Waals surface area contributed by atoms with Crippen molar-refractivity contribution in [2.24, 2.45) is 0 Å². The Hall–Kier alpha value is -2.69. The lowest BCUT2D eigenvalue weighted by atomic mass is 10.2. The van der Waals surface area contributed by atoms with Gasteiger partial charge in [-0.05, 0) is 12.3 Å². The van der Waals surface area contributed by atoms with Gasteiger partial charge in [-0.3, -0.25) is 20.2 Å². The zero-order chi connectivity index (χ0) is 14.9. The molecule has 1 heterocycles. The average Bonchev–Trinajstić information content (AvgIpc) is 2.79. The maximum atomic E-state index is 11.0. The van der Waals surface area contributed by atoms with Crippen LogP contribution in [-0.4, -0.2) is 30.9 Å². The molecule has 1 aromatic heterocycles. The molecule has 20 heavy (non-hydrogen) atoms. The van der Waals surface area contributed by atoms with Crippen molar-refractivity contribution >= 4 is 29.1 Å². The Labute approximate surface area is 115 Å². The fourth-order valence-electron chi connectivity index (χ4n) is 1.52. The summed E-state index contributed by atoms with van der Waals surface area (Å²) in [6.07, 6.45) is 1.73. The Morgan fingerprint density at radius 2 is 2.00 bits per heavy atom. The minimum Gasteiger partial charge on any atom is -0.368 e. The molecule has 2 rings (SSSR count). The molecule has 1 aromatic carbocycles. The lowest BCUT2D eigenvalue weighted by molar-refractivity contribution is -0.394. The van der Waals surface area contributed by atoms with Gasteiger partial charge in [-0.2, -0.15) is 9.67 Å². The van der Waals surface area contributed by atoms with E-state index >= 15 is 0 Å². The van der Waals surface area contributed by atoms with Crippen LogP contribution in [0.25, 0.3) is 5.69 Å². The molecule has 0 atom stereocenters. The van der Waals surface area contributed by atoms with E-state index in [4.69, 9.17) is 5.73 Å². The molecule has 0 aliphatic carbocycles. The van der Waals surface area contributed by atoms with Gasteiger partial charge in [0.1, 0.15) is 5.69 Å². The Morgan fingerprint density at radius 3 is 2.50 bits per heavy atom. The molecule has 2 N–H and O–H groups in total. The van der Waals surface area contributed by atoms with Crippen LogP contribution >= 0.6 is 11.8 Å². The van der Waals surface area contributed by atoms with Gasteiger partial charge in [-0.1, -0.05) is 11.8 Å². The maximum Gasteiger partial charge on any atom is 0.301 e. The topological polar surface area (TPSA) is 143 Å². The van der Waals surface area contributed by atoms with E-state index in [-0.39, 0.29) is 17.3 Å². The molecule has 0 spiro atoms. The van der Waals surface area contributed by atoms with Gasteiger partial charge >= 0.3 is 5.69 Å². The van der Waals surface area contributed by atoms with Crippen LogP contribution in [0.15, 0.2) is 23.4 Å². The van der Waals surface area contributed by atoms with Gasteiger partial charge in [0.2, 0.25) is 11.1 Å². The smallest absolute Gasteiger partial charge is 0.301 e. The number of hydrogen-bond donors (Lipinski definition) is 1. The lowest BCUT2D eigenvalue weighted by Crippen LogP contribution is -2.06. The first-order chi connectivity index (χ1) is 9.43. The van der Waals surface area contributed by atoms with Crippen LogP contribution in [0, 0.1) is 20.2 Å². The van der Waals surface area contributed by atoms with E-state index in [1.807, 2.05) is 0 Å². The quantitative estimate of drug-likeness (QED) is 0.506. The minimum atomic E-state index is -0.734. The summed E-state index contributed by atoms with van der Waals surface area (Å²) in [5.41, 5.74) is 4.80. The van der Waals surface area contributed by atoms with E-state index in [0.717, 1.165) is 16.8 Å². The van der Waals surface area contributed by atoms with Gasteiger partial charge in [-0.15, -0.1) is 5.10 Å². The summed E-state index contributed by atoms with van der Waals surface area (Å²) in [5.74, 6) is -0.0358. The molecule has 0 aliphatic heterocycles. The molecular formula is C9H8N6O4S. The largest absolute Gasteiger partial charge is 0.368 e. The van der Waals surface area contributed by atoms with Crippen molar-refractivity contribution in [1.29, 1.82) is 0 Å². The normalized spacial score (nSPS) is 10.4. The second kappa shape index (κ2) is 5.13. The van der Waals surface area contributed by atoms with E-state index < -0.39 is 15.5 Å². The van der Waals surface area contributed by atoms with E-state index in [1.165, 1.54) is 17.8 Å². The molecular weight excluding hydrogens is 288 g/mol. The Kier molecular flexibility index (Phi) is 3.52. The average molecular weight is 296 g/mol. The van der Waals surface area contributed by atoms with Gasteiger partial charge < -0.3 is 5.73 Å². The van der Waals surface area contributed by atoms with Gasteiger partial charge in [0, 0.05) is 6.07 Å². The summed E-state index contributed by atoms with van der Waals surface area (Å²) in [4.78, 5) is 24.1. The molecule has 104 valence electrons. The minimum absolute atomic E-state index is 0.0194. The molecule has 0 saturated carbocycles. The van der Waals surface area contributed by atoms with Crippen molar-refractivity contribution in [3.8, 4) is 5.69 Å². The Bertz CT molecular complexity index is 700. The molecule has 0 unspecified atom stereocenters. The van der Waals surface area contributed by atoms with Crippen molar-refractivity contribution in [3.05, 3.63) is 38.4 Å². The maximum absolute atomic E-state index is 11.0. The summed E-state index contributed by atoms with van der Waals surface area (Å²) in [5, 5.41) is 26.0. The van der Waals surface area contributed by atoms with Gasteiger partial charge in [0.05, 0.1) is 15.9 Å². The fourth-order valence-corrected chi connectivity index (χ4v) is 1.87. The van der Waals surface area contributed by atoms with Crippen LogP contribution in [-0.2, 0) is 0 Å². The third-order valence-corrected chi connectivity index (χ3v) is 2.93. The molecule has 0 bridgehead atoms. The van der Waals surface area contributed by atoms with Crippen molar-refractivity contribution < 1.29 is 9.85 Å². The second-order valence-corrected chi connectivity index (χ2v) is 4.33. The van der Waals surface area contributed by atoms with Crippen molar-refractivity contribution in [1.82, 2.24) is 14.8 Å². The first kappa shape index (κ1) is 13.7. The SMILES string of the molecule is CSc1nc(N)n(-c2ccc([N+](=O)[O-])cc2[N+](=O)[O-])n1. The van der Waals surface area contributed by atoms with Crippen LogP contribution < -0.4 is 5.73 Å². The number of hydrogen-bond acceptors (Lipinski definition) is 8. The van der Waals surface area contributed by atoms with E-state index in [9.17, 15) is 20.2 Å². The number of benzene rings is 1. The zero-order valence-corrected chi connectivity index (χ0v) is 10.9. The zero-order valence-electron chi connectivity index (χ0n) is 10.1. The summed E-state index contributed by atoms with van der Waals surface area (Å²) in [6.45, 7) is 0. The molecule has 0 aliphatic rings. The molecule has 0 radical (unpaired) electrons. The number of rotatable bonds is 4. The number of nitro groups is 2. The van der Waals surface area contributed by atoms with Crippen molar-refractivity contribution in [2.75, 3.05) is 12.0 Å². The number of nitrogens with two attached hydrogens (primary N) is 1. The molecule has 11 heteroatoms. The van der Waals surface area contributed by atoms with Crippen LogP contribution in [0.4, 0.5) is 17.3 Å². The highest BCUT2D eigenvalue weighted by atomic mass is 32.2. The summed E-state index contributed by atoms with van der Waals surface area (Å²) in [6, 6.07) is 3.21. The second-order valence-electron chi connectivity index (χ2n) is 3.56. The van der Waals surface area contributed by atoms with Crippen molar-refractivity contribution in [3.63, 3.8) is 0 Å². The van der Waals surface area contributed by atoms with Crippen LogP contribution in [0.2, 0.25) is 0 Å². The summed E-state index contributed by atoms with van der Waals surface area (Å²) < 4.78 is 1.08. The number of non-ortho nitro benzene ring substituents is 1. The standard InChI is InChI=1S/C9H8N6O4S/c1-20-9-11-8(10)13(12-9)6-3-2-5(14(16)17)4-7(6)15(18)19/h2-4H,1H3,(H2,10,11,12). The number of aromatic nitrogens is 3. The summed E-state index contributed by atoms with van der Waals surface area (Å²) in [7, 11) is 0. The molecule has 0 saturated heterocycles. The van der Waals surface area contributed by atoms with Gasteiger partial charge in [0.25, 0.3) is 5.69 Å². The van der Waals surface area contributed by atoms with Crippen LogP contribution in [0.3, 0.4) is 0 Å². The third-order valence-electron chi connectivity index (χ3n) is 2.39. The number of nitrogens with zero attached hydrogens (tertiary/aromatic N) is 5. The summed E-state index contributed by atoms with van der Waals surface area (Å²) >= 11 is 1.22. The predicted molar refractivity (Wildman–Crippen MR) is 70.9 cm³/mol. The molecule has 10 nitrogen and oxygen atoms in total. The van der Waals surface area contributed by atoms with Crippen LogP contribution in [0.1, 0.15) is 0 Å². The van der Waals surface area contributed by atoms with Gasteiger partial charge in [-0.25, -0.2) is 0 Å². The highest BCUT2D eigenvalue weighted by Gasteiger charge is 2.23. The van der Waals surface area contributed by atoms with Crippen molar-refractivity contribution in [2.45, 2.75) is 5.16 Å². The predicted octanol–water partition coefficient (Wildman–Crippen LogP) is 1.39. The third kappa shape index (κ3) is 2.38. The number of thioether (sulfide) groups is 1. The van der Waals surface area contributed by atoms with Gasteiger partial charge in [0.15, 0.2) is 0 Å². The highest BCUT2D eigenvalue weighted by molar-refractivity contribution is 7.98. The monoisotopic (exact) mass is 296 g/mol. The van der Waals surface area contributed by atoms with E-state index in [0.29, 0.717) is 5.16 Å². The number of anilines is 1. The van der Waals surface area contributed by atoms with E-state index in [2.05, 4.69) is 10.1 Å². The highest BCUT2D eigenvalue weighted by Crippen LogP contribution is 2.29. The molecule has 0 fully saturated rings. The number of nitrogen functional groups attached to an aromatic ring is 1. The Balaban J connectivity index is 2.63.